The smallest absolute Gasteiger partial charge is 0.0113 e. The molecule has 2 aliphatic heterocycles. The molecule has 5 heteroatoms. The van der Waals surface area contributed by atoms with Crippen LogP contribution in [0, 0.1) is 5.92 Å². The Kier molecular flexibility index (Phi) is 10.2. The van der Waals surface area contributed by atoms with Gasteiger partial charge >= 0.3 is 0 Å². The Hall–Kier alpha value is 0.944. The Labute approximate surface area is 156 Å². The van der Waals surface area contributed by atoms with Gasteiger partial charge in [-0.25, -0.2) is 0 Å². The summed E-state index contributed by atoms with van der Waals surface area (Å²) in [5.41, 5.74) is 0. The first-order valence-electron chi connectivity index (χ1n) is 8.43. The number of nitrogens with zero attached hydrogens (tertiary/aromatic N) is 4. The molecule has 4 nitrogen and oxygen atoms in total. The van der Waals surface area contributed by atoms with Crippen LogP contribution in [0.25, 0.3) is 5.32 Å². The molecule has 0 aliphatic carbocycles. The zero-order valence-corrected chi connectivity index (χ0v) is 17.1. The molecule has 0 aromatic heterocycles. The molecule has 2 saturated heterocycles. The van der Waals surface area contributed by atoms with Gasteiger partial charge in [0, 0.05) is 71.5 Å². The van der Waals surface area contributed by atoms with Gasteiger partial charge in [-0.15, -0.1) is 6.54 Å². The second-order valence-electron chi connectivity index (χ2n) is 6.76. The van der Waals surface area contributed by atoms with Crippen molar-refractivity contribution in [2.24, 2.45) is 5.92 Å². The first kappa shape index (κ1) is 20.0. The fraction of sp³-hybridized carbons (Fsp3) is 1.00. The van der Waals surface area contributed by atoms with Crippen molar-refractivity contribution in [3.05, 3.63) is 5.32 Å². The van der Waals surface area contributed by atoms with Gasteiger partial charge in [0.2, 0.25) is 0 Å². The Morgan fingerprint density at radius 2 is 1.57 bits per heavy atom. The van der Waals surface area contributed by atoms with Crippen molar-refractivity contribution in [1.29, 1.82) is 0 Å². The van der Waals surface area contributed by atoms with E-state index < -0.39 is 0 Å². The molecule has 2 rings (SSSR count). The number of piperazine rings is 1. The topological polar surface area (TPSA) is 23.8 Å². The van der Waals surface area contributed by atoms with Gasteiger partial charge in [0.25, 0.3) is 0 Å². The fourth-order valence-corrected chi connectivity index (χ4v) is 3.46. The van der Waals surface area contributed by atoms with Crippen LogP contribution in [0.4, 0.5) is 0 Å². The van der Waals surface area contributed by atoms with Gasteiger partial charge in [0.1, 0.15) is 0 Å². The largest absolute Gasteiger partial charge is 0.664 e. The molecular weight excluding hydrogens is 337 g/mol. The van der Waals surface area contributed by atoms with Gasteiger partial charge < -0.3 is 15.1 Å². The Balaban J connectivity index is 0.00000220. The molecule has 0 aromatic carbocycles. The van der Waals surface area contributed by atoms with Gasteiger partial charge in [-0.3, -0.25) is 4.90 Å². The maximum absolute atomic E-state index is 4.21. The van der Waals surface area contributed by atoms with Gasteiger partial charge in [0.05, 0.1) is 0 Å². The van der Waals surface area contributed by atoms with E-state index >= 15 is 0 Å². The van der Waals surface area contributed by atoms with Crippen LogP contribution in [-0.2, 0) is 32.7 Å². The van der Waals surface area contributed by atoms with Crippen LogP contribution >= 0.6 is 0 Å². The van der Waals surface area contributed by atoms with Crippen molar-refractivity contribution in [2.45, 2.75) is 32.7 Å². The minimum Gasteiger partial charge on any atom is -0.664 e. The Bertz CT molecular complexity index is 259. The van der Waals surface area contributed by atoms with E-state index in [4.69, 9.17) is 0 Å². The normalized spacial score (nSPS) is 23.4. The van der Waals surface area contributed by atoms with E-state index in [9.17, 15) is 0 Å². The van der Waals surface area contributed by atoms with Crippen LogP contribution in [0.5, 0.6) is 0 Å². The average molecular weight is 370 g/mol. The van der Waals surface area contributed by atoms with E-state index in [2.05, 4.69) is 33.9 Å². The molecular formula is C16H33N4Y-. The van der Waals surface area contributed by atoms with Crippen molar-refractivity contribution < 1.29 is 32.7 Å². The number of hydrogen-bond donors (Lipinski definition) is 0. The Morgan fingerprint density at radius 3 is 2.10 bits per heavy atom. The SMILES string of the molecule is C[N-]CCN1CCC(CN2CCN(C(C)C)CC2)CC1.[Y]. The number of piperidine rings is 1. The maximum Gasteiger partial charge on any atom is 0.0113 e. The van der Waals surface area contributed by atoms with Crippen molar-refractivity contribution >= 4 is 0 Å². The molecule has 0 bridgehead atoms. The van der Waals surface area contributed by atoms with E-state index in [1.165, 1.54) is 58.7 Å². The molecule has 2 heterocycles. The van der Waals surface area contributed by atoms with Gasteiger partial charge in [-0.05, 0) is 52.2 Å². The van der Waals surface area contributed by atoms with Crippen LogP contribution in [0.15, 0.2) is 0 Å². The molecule has 0 amide bonds. The molecule has 2 aliphatic rings. The summed E-state index contributed by atoms with van der Waals surface area (Å²) in [7, 11) is 1.92. The van der Waals surface area contributed by atoms with Gasteiger partial charge in [0.15, 0.2) is 0 Å². The fourth-order valence-electron chi connectivity index (χ4n) is 3.46. The van der Waals surface area contributed by atoms with Crippen molar-refractivity contribution in [3.8, 4) is 0 Å². The van der Waals surface area contributed by atoms with Crippen LogP contribution in [0.3, 0.4) is 0 Å². The number of likely N-dealkylation sites (tertiary alicyclic amines) is 1. The zero-order chi connectivity index (χ0) is 14.4. The first-order valence-corrected chi connectivity index (χ1v) is 8.43. The molecule has 21 heavy (non-hydrogen) atoms. The van der Waals surface area contributed by atoms with Crippen LogP contribution in [-0.4, -0.2) is 86.7 Å². The second kappa shape index (κ2) is 10.7. The first-order chi connectivity index (χ1) is 9.69. The van der Waals surface area contributed by atoms with Gasteiger partial charge in [-0.2, -0.15) is 7.05 Å². The molecule has 121 valence electrons. The molecule has 0 aromatic rings. The van der Waals surface area contributed by atoms with Crippen molar-refractivity contribution in [3.63, 3.8) is 0 Å². The van der Waals surface area contributed by atoms with E-state index in [-0.39, 0.29) is 32.7 Å². The standard InChI is InChI=1S/C16H33N4.Y/c1-15(2)20-12-10-19(11-13-20)14-16-4-7-18(8-5-16)9-6-17-3;/h15-16H,4-14H2,1-3H3;/q-1;. The summed E-state index contributed by atoms with van der Waals surface area (Å²) in [6, 6.07) is 0.712. The number of likely N-dealkylation sites (N-methyl/N-ethyl adjacent to an activating group) is 1. The summed E-state index contributed by atoms with van der Waals surface area (Å²) >= 11 is 0. The molecule has 0 spiro atoms. The minimum atomic E-state index is 0. The number of hydrogen-bond acceptors (Lipinski definition) is 3. The van der Waals surface area contributed by atoms with Crippen LogP contribution in [0.1, 0.15) is 26.7 Å². The Morgan fingerprint density at radius 1 is 0.952 bits per heavy atom. The van der Waals surface area contributed by atoms with Crippen molar-refractivity contribution in [2.75, 3.05) is 66.0 Å². The molecule has 2 fully saturated rings. The molecule has 0 unspecified atom stereocenters. The van der Waals surface area contributed by atoms with E-state index in [1.807, 2.05) is 7.05 Å². The van der Waals surface area contributed by atoms with E-state index in [0.29, 0.717) is 6.04 Å². The third kappa shape index (κ3) is 6.93. The summed E-state index contributed by atoms with van der Waals surface area (Å²) in [4.78, 5) is 7.88. The third-order valence-corrected chi connectivity index (χ3v) is 5.00. The molecule has 0 saturated carbocycles. The monoisotopic (exact) mass is 370 g/mol. The van der Waals surface area contributed by atoms with Crippen molar-refractivity contribution in [1.82, 2.24) is 14.7 Å². The summed E-state index contributed by atoms with van der Waals surface area (Å²) in [5.74, 6) is 0.926. The minimum absolute atomic E-state index is 0. The molecule has 1 radical (unpaired) electrons. The van der Waals surface area contributed by atoms with Crippen LogP contribution < -0.4 is 0 Å². The summed E-state index contributed by atoms with van der Waals surface area (Å²) in [5, 5.41) is 4.21. The quantitative estimate of drug-likeness (QED) is 0.712. The average Bonchev–Trinajstić information content (AvgIpc) is 2.47. The molecule has 0 N–H and O–H groups in total. The maximum atomic E-state index is 4.21. The van der Waals surface area contributed by atoms with Gasteiger partial charge in [-0.1, -0.05) is 0 Å². The second-order valence-corrected chi connectivity index (χ2v) is 6.76. The summed E-state index contributed by atoms with van der Waals surface area (Å²) in [6.07, 6.45) is 2.77. The summed E-state index contributed by atoms with van der Waals surface area (Å²) in [6.45, 7) is 15.7. The van der Waals surface area contributed by atoms with Crippen LogP contribution in [0.2, 0.25) is 0 Å². The predicted molar refractivity (Wildman–Crippen MR) is 86.5 cm³/mol. The number of rotatable bonds is 6. The molecule has 0 atom stereocenters. The van der Waals surface area contributed by atoms with E-state index in [1.54, 1.807) is 0 Å². The third-order valence-electron chi connectivity index (χ3n) is 5.00. The predicted octanol–water partition coefficient (Wildman–Crippen LogP) is 1.73. The zero-order valence-electron chi connectivity index (χ0n) is 14.3. The summed E-state index contributed by atoms with van der Waals surface area (Å²) < 4.78 is 0. The van der Waals surface area contributed by atoms with E-state index in [0.717, 1.165) is 19.0 Å².